The number of nitro benzene ring substituents is 1. The van der Waals surface area contributed by atoms with Crippen LogP contribution in [0.25, 0.3) is 11.1 Å². The fourth-order valence-corrected chi connectivity index (χ4v) is 1.76. The number of carboxylic acid groups (broad SMARTS) is 1. The van der Waals surface area contributed by atoms with E-state index in [0.29, 0.717) is 16.8 Å². The summed E-state index contributed by atoms with van der Waals surface area (Å²) in [5.41, 5.74) is 6.64. The first-order chi connectivity index (χ1) is 8.99. The minimum Gasteiger partial charge on any atom is -0.477 e. The van der Waals surface area contributed by atoms with Crippen molar-refractivity contribution in [2.75, 3.05) is 5.73 Å². The number of hydrogen-bond donors (Lipinski definition) is 2. The molecule has 0 radical (unpaired) electrons. The molecule has 0 saturated heterocycles. The lowest BCUT2D eigenvalue weighted by molar-refractivity contribution is -0.385. The third-order valence-electron chi connectivity index (χ3n) is 2.64. The molecule has 3 N–H and O–H groups in total. The van der Waals surface area contributed by atoms with E-state index in [1.54, 1.807) is 24.3 Å². The summed E-state index contributed by atoms with van der Waals surface area (Å²) in [6, 6.07) is 10.8. The van der Waals surface area contributed by atoms with Crippen molar-refractivity contribution in [2.45, 2.75) is 0 Å². The standard InChI is InChI=1S/C13H10N2O4/c14-10-3-1-2-8(6-10)9-4-5-11(13(16)17)12(7-9)15(18)19/h1-7H,14H2,(H,16,17). The molecule has 96 valence electrons. The molecule has 0 unspecified atom stereocenters. The molecule has 0 aliphatic rings. The molecule has 0 aliphatic carbocycles. The van der Waals surface area contributed by atoms with E-state index < -0.39 is 16.6 Å². The van der Waals surface area contributed by atoms with Gasteiger partial charge in [-0.25, -0.2) is 4.79 Å². The van der Waals surface area contributed by atoms with Crippen LogP contribution >= 0.6 is 0 Å². The average Bonchev–Trinajstić information content (AvgIpc) is 2.37. The molecule has 2 aromatic carbocycles. The Morgan fingerprint density at radius 1 is 1.16 bits per heavy atom. The molecule has 0 saturated carbocycles. The Morgan fingerprint density at radius 3 is 2.42 bits per heavy atom. The summed E-state index contributed by atoms with van der Waals surface area (Å²) in [7, 11) is 0. The highest BCUT2D eigenvalue weighted by molar-refractivity contribution is 5.93. The van der Waals surface area contributed by atoms with Gasteiger partial charge in [0, 0.05) is 11.8 Å². The van der Waals surface area contributed by atoms with E-state index in [1.807, 2.05) is 0 Å². The van der Waals surface area contributed by atoms with E-state index in [0.717, 1.165) is 0 Å². The maximum Gasteiger partial charge on any atom is 0.342 e. The fourth-order valence-electron chi connectivity index (χ4n) is 1.76. The zero-order chi connectivity index (χ0) is 14.0. The zero-order valence-electron chi connectivity index (χ0n) is 9.74. The molecule has 2 rings (SSSR count). The summed E-state index contributed by atoms with van der Waals surface area (Å²) in [5, 5.41) is 19.8. The number of nitrogens with zero attached hydrogens (tertiary/aromatic N) is 1. The van der Waals surface area contributed by atoms with Crippen LogP contribution in [0, 0.1) is 10.1 Å². The molecular weight excluding hydrogens is 248 g/mol. The van der Waals surface area contributed by atoms with Crippen LogP contribution in [-0.4, -0.2) is 16.0 Å². The number of nitrogens with two attached hydrogens (primary N) is 1. The largest absolute Gasteiger partial charge is 0.477 e. The molecular formula is C13H10N2O4. The van der Waals surface area contributed by atoms with Gasteiger partial charge in [0.05, 0.1) is 4.92 Å². The first-order valence-corrected chi connectivity index (χ1v) is 5.36. The van der Waals surface area contributed by atoms with Gasteiger partial charge in [-0.1, -0.05) is 18.2 Å². The second-order valence-electron chi connectivity index (χ2n) is 3.92. The number of nitro groups is 1. The minimum absolute atomic E-state index is 0.336. The van der Waals surface area contributed by atoms with Crippen molar-refractivity contribution in [3.8, 4) is 11.1 Å². The molecule has 0 heterocycles. The maximum atomic E-state index is 10.9. The second-order valence-corrected chi connectivity index (χ2v) is 3.92. The number of carboxylic acids is 1. The summed E-state index contributed by atoms with van der Waals surface area (Å²) in [5.74, 6) is -1.33. The first-order valence-electron chi connectivity index (χ1n) is 5.36. The highest BCUT2D eigenvalue weighted by Gasteiger charge is 2.20. The van der Waals surface area contributed by atoms with Gasteiger partial charge in [-0.3, -0.25) is 10.1 Å². The van der Waals surface area contributed by atoms with Gasteiger partial charge in [-0.05, 0) is 29.3 Å². The van der Waals surface area contributed by atoms with E-state index in [1.165, 1.54) is 18.2 Å². The Labute approximate surface area is 108 Å². The van der Waals surface area contributed by atoms with Crippen molar-refractivity contribution in [1.29, 1.82) is 0 Å². The van der Waals surface area contributed by atoms with Crippen molar-refractivity contribution >= 4 is 17.3 Å². The van der Waals surface area contributed by atoms with Crippen LogP contribution in [0.3, 0.4) is 0 Å². The number of hydrogen-bond acceptors (Lipinski definition) is 4. The van der Waals surface area contributed by atoms with Crippen LogP contribution in [0.1, 0.15) is 10.4 Å². The summed E-state index contributed by atoms with van der Waals surface area (Å²) < 4.78 is 0. The third kappa shape index (κ3) is 2.52. The SMILES string of the molecule is Nc1cccc(-c2ccc(C(=O)O)c([N+](=O)[O-])c2)c1. The summed E-state index contributed by atoms with van der Waals surface area (Å²) in [6.07, 6.45) is 0. The minimum atomic E-state index is -1.33. The number of benzene rings is 2. The van der Waals surface area contributed by atoms with E-state index >= 15 is 0 Å². The monoisotopic (exact) mass is 258 g/mol. The van der Waals surface area contributed by atoms with Gasteiger partial charge in [0.2, 0.25) is 0 Å². The molecule has 19 heavy (non-hydrogen) atoms. The summed E-state index contributed by atoms with van der Waals surface area (Å²) in [4.78, 5) is 21.1. The molecule has 0 bridgehead atoms. The smallest absolute Gasteiger partial charge is 0.342 e. The van der Waals surface area contributed by atoms with Crippen molar-refractivity contribution in [3.63, 3.8) is 0 Å². The topological polar surface area (TPSA) is 106 Å². The Balaban J connectivity index is 2.58. The van der Waals surface area contributed by atoms with E-state index in [-0.39, 0.29) is 5.56 Å². The molecule has 0 aromatic heterocycles. The van der Waals surface area contributed by atoms with E-state index in [4.69, 9.17) is 10.8 Å². The number of anilines is 1. The van der Waals surface area contributed by atoms with Gasteiger partial charge < -0.3 is 10.8 Å². The summed E-state index contributed by atoms with van der Waals surface area (Å²) in [6.45, 7) is 0. The number of rotatable bonds is 3. The van der Waals surface area contributed by atoms with Crippen molar-refractivity contribution in [3.05, 3.63) is 58.1 Å². The lowest BCUT2D eigenvalue weighted by Crippen LogP contribution is -2.02. The Morgan fingerprint density at radius 2 is 1.84 bits per heavy atom. The lowest BCUT2D eigenvalue weighted by atomic mass is 10.0. The number of carbonyl (C=O) groups is 1. The molecule has 0 spiro atoms. The molecule has 6 heteroatoms. The molecule has 0 atom stereocenters. The molecule has 0 fully saturated rings. The first kappa shape index (κ1) is 12.6. The second kappa shape index (κ2) is 4.77. The van der Waals surface area contributed by atoms with Crippen LogP contribution in [0.5, 0.6) is 0 Å². The van der Waals surface area contributed by atoms with Crippen LogP contribution in [0.15, 0.2) is 42.5 Å². The Kier molecular flexibility index (Phi) is 3.15. The van der Waals surface area contributed by atoms with Crippen LogP contribution < -0.4 is 5.73 Å². The van der Waals surface area contributed by atoms with Crippen molar-refractivity contribution in [2.24, 2.45) is 0 Å². The van der Waals surface area contributed by atoms with Crippen LogP contribution in [0.4, 0.5) is 11.4 Å². The zero-order valence-corrected chi connectivity index (χ0v) is 9.74. The molecule has 0 aliphatic heterocycles. The summed E-state index contributed by atoms with van der Waals surface area (Å²) >= 11 is 0. The Hall–Kier alpha value is -2.89. The van der Waals surface area contributed by atoms with Crippen LogP contribution in [0.2, 0.25) is 0 Å². The van der Waals surface area contributed by atoms with E-state index in [2.05, 4.69) is 0 Å². The van der Waals surface area contributed by atoms with Crippen LogP contribution in [-0.2, 0) is 0 Å². The normalized spacial score (nSPS) is 10.1. The number of nitrogen functional groups attached to an aromatic ring is 1. The number of aromatic carboxylic acids is 1. The predicted octanol–water partition coefficient (Wildman–Crippen LogP) is 2.54. The fraction of sp³-hybridized carbons (Fsp3) is 0. The molecule has 0 amide bonds. The highest BCUT2D eigenvalue weighted by Crippen LogP contribution is 2.28. The lowest BCUT2D eigenvalue weighted by Gasteiger charge is -2.04. The molecule has 6 nitrogen and oxygen atoms in total. The van der Waals surface area contributed by atoms with Gasteiger partial charge in [0.15, 0.2) is 0 Å². The third-order valence-corrected chi connectivity index (χ3v) is 2.64. The predicted molar refractivity (Wildman–Crippen MR) is 69.9 cm³/mol. The van der Waals surface area contributed by atoms with Crippen molar-refractivity contribution in [1.82, 2.24) is 0 Å². The van der Waals surface area contributed by atoms with Gasteiger partial charge >= 0.3 is 5.97 Å². The Bertz CT molecular complexity index is 667. The van der Waals surface area contributed by atoms with Gasteiger partial charge in [-0.15, -0.1) is 0 Å². The van der Waals surface area contributed by atoms with Crippen molar-refractivity contribution < 1.29 is 14.8 Å². The van der Waals surface area contributed by atoms with Gasteiger partial charge in [0.25, 0.3) is 5.69 Å². The van der Waals surface area contributed by atoms with E-state index in [9.17, 15) is 14.9 Å². The van der Waals surface area contributed by atoms with Gasteiger partial charge in [0.1, 0.15) is 5.56 Å². The van der Waals surface area contributed by atoms with Gasteiger partial charge in [-0.2, -0.15) is 0 Å². The molecule has 2 aromatic rings. The quantitative estimate of drug-likeness (QED) is 0.499. The maximum absolute atomic E-state index is 10.9. The average molecular weight is 258 g/mol. The highest BCUT2D eigenvalue weighted by atomic mass is 16.6.